The highest BCUT2D eigenvalue weighted by molar-refractivity contribution is 7.89. The molecule has 0 unspecified atom stereocenters. The lowest BCUT2D eigenvalue weighted by Crippen LogP contribution is -2.31. The second-order valence-corrected chi connectivity index (χ2v) is 7.13. The van der Waals surface area contributed by atoms with Crippen molar-refractivity contribution in [3.8, 4) is 0 Å². The van der Waals surface area contributed by atoms with Gasteiger partial charge in [-0.25, -0.2) is 8.42 Å². The van der Waals surface area contributed by atoms with Gasteiger partial charge in [0.25, 0.3) is 5.69 Å². The average molecular weight is 390 g/mol. The summed E-state index contributed by atoms with van der Waals surface area (Å²) in [6.45, 7) is 7.12. The fourth-order valence-corrected chi connectivity index (χ4v) is 3.70. The normalized spacial score (nSPS) is 11.6. The number of nitrogens with zero attached hydrogens (tertiary/aromatic N) is 3. The summed E-state index contributed by atoms with van der Waals surface area (Å²) in [6, 6.07) is 6.79. The van der Waals surface area contributed by atoms with Crippen molar-refractivity contribution in [3.05, 3.63) is 77.8 Å². The topological polar surface area (TPSA) is 118 Å². The molecule has 0 amide bonds. The number of rotatable bonds is 10. The molecule has 10 heteroatoms. The first-order valence-corrected chi connectivity index (χ1v) is 9.17. The molecule has 27 heavy (non-hydrogen) atoms. The smallest absolute Gasteiger partial charge is 0.270 e. The Kier molecular flexibility index (Phi) is 6.63. The van der Waals surface area contributed by atoms with Gasteiger partial charge in [0, 0.05) is 25.2 Å². The summed E-state index contributed by atoms with van der Waals surface area (Å²) in [5.41, 5.74) is 2.32. The minimum atomic E-state index is -4.07. The van der Waals surface area contributed by atoms with Crippen LogP contribution in [0.1, 0.15) is 5.76 Å². The first kappa shape index (κ1) is 20.1. The molecular weight excluding hydrogens is 372 g/mol. The van der Waals surface area contributed by atoms with Crippen LogP contribution in [0.5, 0.6) is 0 Å². The van der Waals surface area contributed by atoms with Gasteiger partial charge >= 0.3 is 0 Å². The number of benzene rings is 1. The molecule has 2 rings (SSSR count). The Morgan fingerprint density at radius 3 is 2.52 bits per heavy atom. The van der Waals surface area contributed by atoms with Crippen molar-refractivity contribution in [2.75, 3.05) is 18.5 Å². The molecule has 2 aromatic rings. The highest BCUT2D eigenvalue weighted by Crippen LogP contribution is 2.29. The number of hydrogen-bond donors (Lipinski definition) is 1. The lowest BCUT2D eigenvalue weighted by molar-refractivity contribution is -0.385. The van der Waals surface area contributed by atoms with Crippen molar-refractivity contribution in [2.45, 2.75) is 4.90 Å². The first-order valence-electron chi connectivity index (χ1n) is 7.73. The largest absolute Gasteiger partial charge is 0.463 e. The van der Waals surface area contributed by atoms with E-state index in [2.05, 4.69) is 23.7 Å². The number of hydrazone groups is 1. The monoisotopic (exact) mass is 390 g/mol. The van der Waals surface area contributed by atoms with Crippen LogP contribution in [0.25, 0.3) is 0 Å². The number of anilines is 1. The molecule has 9 nitrogen and oxygen atoms in total. The zero-order valence-electron chi connectivity index (χ0n) is 14.3. The number of nitro groups is 1. The van der Waals surface area contributed by atoms with Crippen LogP contribution in [0, 0.1) is 10.1 Å². The van der Waals surface area contributed by atoms with E-state index in [1.54, 1.807) is 12.1 Å². The maximum Gasteiger partial charge on any atom is 0.270 e. The van der Waals surface area contributed by atoms with E-state index in [1.165, 1.54) is 36.8 Å². The molecular formula is C17H18N4O5S. The van der Waals surface area contributed by atoms with E-state index >= 15 is 0 Å². The Bertz CT molecular complexity index is 942. The summed E-state index contributed by atoms with van der Waals surface area (Å²) >= 11 is 0. The number of hydrogen-bond acceptors (Lipinski definition) is 7. The number of nitrogens with one attached hydrogen (secondary N) is 1. The van der Waals surface area contributed by atoms with Crippen molar-refractivity contribution < 1.29 is 17.8 Å². The fourth-order valence-electron chi connectivity index (χ4n) is 2.16. The zero-order chi connectivity index (χ0) is 19.9. The average Bonchev–Trinajstić information content (AvgIpc) is 3.15. The molecule has 1 heterocycles. The second kappa shape index (κ2) is 8.92. The summed E-state index contributed by atoms with van der Waals surface area (Å²) in [5.74, 6) is 0.453. The number of non-ortho nitro benzene ring substituents is 1. The lowest BCUT2D eigenvalue weighted by Gasteiger charge is -2.20. The van der Waals surface area contributed by atoms with Gasteiger partial charge in [0.2, 0.25) is 10.0 Å². The number of sulfonamides is 1. The zero-order valence-corrected chi connectivity index (χ0v) is 15.1. The Morgan fingerprint density at radius 1 is 1.26 bits per heavy atom. The number of furan rings is 1. The molecule has 0 spiro atoms. The molecule has 0 aliphatic rings. The predicted molar refractivity (Wildman–Crippen MR) is 102 cm³/mol. The van der Waals surface area contributed by atoms with Crippen LogP contribution in [0.2, 0.25) is 0 Å². The molecule has 0 aliphatic carbocycles. The van der Waals surface area contributed by atoms with E-state index in [-0.39, 0.29) is 29.4 Å². The Labute approximate surface area is 156 Å². The van der Waals surface area contributed by atoms with E-state index in [0.29, 0.717) is 5.76 Å². The Hall–Kier alpha value is -3.24. The Balaban J connectivity index is 2.46. The minimum Gasteiger partial charge on any atom is -0.463 e. The maximum absolute atomic E-state index is 13.0. The van der Waals surface area contributed by atoms with Gasteiger partial charge < -0.3 is 4.42 Å². The minimum absolute atomic E-state index is 0.0200. The van der Waals surface area contributed by atoms with Gasteiger partial charge in [0.15, 0.2) is 0 Å². The predicted octanol–water partition coefficient (Wildman–Crippen LogP) is 3.00. The van der Waals surface area contributed by atoms with Gasteiger partial charge in [0.1, 0.15) is 10.7 Å². The van der Waals surface area contributed by atoms with Crippen LogP contribution in [0.15, 0.2) is 76.3 Å². The lowest BCUT2D eigenvalue weighted by atomic mass is 10.3. The summed E-state index contributed by atoms with van der Waals surface area (Å²) < 4.78 is 32.2. The second-order valence-electron chi connectivity index (χ2n) is 5.22. The molecule has 0 bridgehead atoms. The third-order valence-corrected chi connectivity index (χ3v) is 5.25. The number of nitro benzene ring substituents is 1. The van der Waals surface area contributed by atoms with Crippen molar-refractivity contribution in [3.63, 3.8) is 0 Å². The third-order valence-electron chi connectivity index (χ3n) is 3.38. The van der Waals surface area contributed by atoms with Crippen molar-refractivity contribution in [1.82, 2.24) is 4.31 Å². The van der Waals surface area contributed by atoms with E-state index in [1.807, 2.05) is 0 Å². The molecule has 1 aromatic carbocycles. The molecule has 0 aliphatic heterocycles. The molecule has 142 valence electrons. The quantitative estimate of drug-likeness (QED) is 0.288. The summed E-state index contributed by atoms with van der Waals surface area (Å²) in [4.78, 5) is 10.1. The van der Waals surface area contributed by atoms with Gasteiger partial charge in [-0.3, -0.25) is 15.5 Å². The highest BCUT2D eigenvalue weighted by atomic mass is 32.2. The van der Waals surface area contributed by atoms with Crippen LogP contribution in [-0.4, -0.2) is 37.0 Å². The molecule has 1 aromatic heterocycles. The SMILES string of the molecule is C=CCN(CC=C)S(=O)(=O)c1cc([N+](=O)[O-])ccc1N/N=C\c1ccco1. The van der Waals surface area contributed by atoms with E-state index in [9.17, 15) is 18.5 Å². The van der Waals surface area contributed by atoms with Crippen LogP contribution >= 0.6 is 0 Å². The third kappa shape index (κ3) is 4.90. The molecule has 0 saturated heterocycles. The molecule has 0 atom stereocenters. The van der Waals surface area contributed by atoms with Gasteiger partial charge in [0.05, 0.1) is 23.1 Å². The van der Waals surface area contributed by atoms with Crippen LogP contribution in [0.3, 0.4) is 0 Å². The summed E-state index contributed by atoms with van der Waals surface area (Å²) in [5, 5.41) is 15.0. The van der Waals surface area contributed by atoms with Gasteiger partial charge in [-0.2, -0.15) is 9.41 Å². The van der Waals surface area contributed by atoms with Crippen LogP contribution < -0.4 is 5.43 Å². The standard InChI is InChI=1S/C17H18N4O5S/c1-3-9-20(10-4-2)27(24,25)17-12-14(21(22)23)7-8-16(17)19-18-13-15-6-5-11-26-15/h3-8,11-13,19H,1-2,9-10H2/b18-13-. The summed E-state index contributed by atoms with van der Waals surface area (Å²) in [7, 11) is -4.07. The van der Waals surface area contributed by atoms with Gasteiger partial charge in [-0.15, -0.1) is 13.2 Å². The Morgan fingerprint density at radius 2 is 1.96 bits per heavy atom. The van der Waals surface area contributed by atoms with Crippen molar-refractivity contribution >= 4 is 27.6 Å². The van der Waals surface area contributed by atoms with E-state index < -0.39 is 14.9 Å². The van der Waals surface area contributed by atoms with Crippen LogP contribution in [0.4, 0.5) is 11.4 Å². The van der Waals surface area contributed by atoms with E-state index in [4.69, 9.17) is 4.42 Å². The molecule has 0 saturated carbocycles. The molecule has 0 radical (unpaired) electrons. The van der Waals surface area contributed by atoms with Gasteiger partial charge in [-0.05, 0) is 18.2 Å². The van der Waals surface area contributed by atoms with Gasteiger partial charge in [-0.1, -0.05) is 12.2 Å². The maximum atomic E-state index is 13.0. The van der Waals surface area contributed by atoms with Crippen LogP contribution in [-0.2, 0) is 10.0 Å². The van der Waals surface area contributed by atoms with Crippen molar-refractivity contribution in [1.29, 1.82) is 0 Å². The molecule has 0 fully saturated rings. The van der Waals surface area contributed by atoms with E-state index in [0.717, 1.165) is 10.4 Å². The highest BCUT2D eigenvalue weighted by Gasteiger charge is 2.27. The molecule has 1 N–H and O–H groups in total. The van der Waals surface area contributed by atoms with Crippen molar-refractivity contribution in [2.24, 2.45) is 5.10 Å². The summed E-state index contributed by atoms with van der Waals surface area (Å²) in [6.07, 6.45) is 5.65. The fraction of sp³-hybridized carbons (Fsp3) is 0.118. The first-order chi connectivity index (χ1) is 12.9.